The minimum atomic E-state index is 0.0728. The molecular formula is C19H19ClN4O2. The predicted molar refractivity (Wildman–Crippen MR) is 101 cm³/mol. The Morgan fingerprint density at radius 3 is 2.92 bits per heavy atom. The number of ether oxygens (including phenoxy) is 1. The Morgan fingerprint density at radius 1 is 1.23 bits per heavy atom. The highest BCUT2D eigenvalue weighted by molar-refractivity contribution is 6.30. The van der Waals surface area contributed by atoms with Gasteiger partial charge < -0.3 is 15.2 Å². The number of rotatable bonds is 3. The Balaban J connectivity index is 1.78. The zero-order valence-corrected chi connectivity index (χ0v) is 15.1. The molecule has 0 saturated carbocycles. The highest BCUT2D eigenvalue weighted by atomic mass is 35.5. The quantitative estimate of drug-likeness (QED) is 0.728. The normalized spacial score (nSPS) is 20.2. The maximum Gasteiger partial charge on any atom is 0.158 e. The first-order valence-corrected chi connectivity index (χ1v) is 8.95. The molecule has 4 rings (SSSR count). The molecule has 3 aromatic rings. The minimum Gasteiger partial charge on any atom is -0.507 e. The summed E-state index contributed by atoms with van der Waals surface area (Å²) in [5, 5.41) is 24.7. The molecule has 7 heteroatoms. The smallest absolute Gasteiger partial charge is 0.158 e. The van der Waals surface area contributed by atoms with Crippen molar-refractivity contribution in [1.29, 1.82) is 0 Å². The van der Waals surface area contributed by atoms with Crippen LogP contribution in [0.1, 0.15) is 13.3 Å². The van der Waals surface area contributed by atoms with Crippen molar-refractivity contribution >= 4 is 28.2 Å². The Labute approximate surface area is 156 Å². The lowest BCUT2D eigenvalue weighted by Gasteiger charge is -2.30. The number of hydrogen-bond donors (Lipinski definition) is 2. The third-order valence-corrected chi connectivity index (χ3v) is 4.99. The van der Waals surface area contributed by atoms with Gasteiger partial charge in [0, 0.05) is 46.4 Å². The van der Waals surface area contributed by atoms with Crippen LogP contribution in [0, 0.1) is 5.92 Å². The van der Waals surface area contributed by atoms with Gasteiger partial charge in [-0.05, 0) is 36.6 Å². The van der Waals surface area contributed by atoms with Gasteiger partial charge in [-0.3, -0.25) is 4.98 Å². The number of nitrogens with zero attached hydrogens (tertiary/aromatic N) is 3. The van der Waals surface area contributed by atoms with Gasteiger partial charge in [-0.15, -0.1) is 10.2 Å². The monoisotopic (exact) mass is 370 g/mol. The second-order valence-corrected chi connectivity index (χ2v) is 7.01. The summed E-state index contributed by atoms with van der Waals surface area (Å²) in [6.45, 7) is 3.63. The number of phenolic OH excluding ortho intramolecular Hbond substituents is 1. The lowest BCUT2D eigenvalue weighted by Crippen LogP contribution is -2.36. The summed E-state index contributed by atoms with van der Waals surface area (Å²) in [6.07, 6.45) is 4.40. The average molecular weight is 371 g/mol. The van der Waals surface area contributed by atoms with Crippen LogP contribution in [0.2, 0.25) is 5.02 Å². The van der Waals surface area contributed by atoms with Gasteiger partial charge in [0.1, 0.15) is 11.4 Å². The molecule has 0 amide bonds. The van der Waals surface area contributed by atoms with Crippen molar-refractivity contribution in [1.82, 2.24) is 15.2 Å². The third kappa shape index (κ3) is 3.18. The maximum atomic E-state index is 10.3. The number of aromatic nitrogens is 3. The number of nitrogens with one attached hydrogen (secondary N) is 1. The third-order valence-electron chi connectivity index (χ3n) is 4.76. The molecule has 2 aromatic heterocycles. The fourth-order valence-corrected chi connectivity index (χ4v) is 3.44. The van der Waals surface area contributed by atoms with Crippen molar-refractivity contribution in [2.75, 3.05) is 18.5 Å². The molecule has 6 nitrogen and oxygen atoms in total. The molecule has 1 aliphatic rings. The molecule has 0 unspecified atom stereocenters. The number of aromatic hydroxyl groups is 1. The summed E-state index contributed by atoms with van der Waals surface area (Å²) in [7, 11) is 0. The lowest BCUT2D eigenvalue weighted by molar-refractivity contribution is 0.0537. The molecule has 26 heavy (non-hydrogen) atoms. The van der Waals surface area contributed by atoms with Crippen LogP contribution in [-0.2, 0) is 4.74 Å². The number of benzene rings is 1. The van der Waals surface area contributed by atoms with E-state index in [-0.39, 0.29) is 11.8 Å². The molecule has 0 bridgehead atoms. The van der Waals surface area contributed by atoms with Gasteiger partial charge in [-0.1, -0.05) is 18.5 Å². The first-order valence-electron chi connectivity index (χ1n) is 8.57. The van der Waals surface area contributed by atoms with E-state index in [2.05, 4.69) is 27.4 Å². The molecule has 1 saturated heterocycles. The zero-order valence-electron chi connectivity index (χ0n) is 14.3. The van der Waals surface area contributed by atoms with Crippen LogP contribution in [-0.4, -0.2) is 39.5 Å². The van der Waals surface area contributed by atoms with Crippen molar-refractivity contribution in [2.45, 2.75) is 19.4 Å². The molecule has 0 radical (unpaired) electrons. The van der Waals surface area contributed by atoms with E-state index in [9.17, 15) is 5.11 Å². The van der Waals surface area contributed by atoms with Gasteiger partial charge in [0.2, 0.25) is 0 Å². The number of hydrogen-bond acceptors (Lipinski definition) is 6. The SMILES string of the molecule is C[C@@H]1COCC[C@@H]1Nc1nnc(-c2ccc(Cl)cc2O)c2ccncc12. The minimum absolute atomic E-state index is 0.0728. The van der Waals surface area contributed by atoms with Crippen molar-refractivity contribution < 1.29 is 9.84 Å². The highest BCUT2D eigenvalue weighted by Gasteiger charge is 2.23. The number of pyridine rings is 1. The summed E-state index contributed by atoms with van der Waals surface area (Å²) in [4.78, 5) is 4.24. The molecule has 2 atom stereocenters. The molecule has 0 spiro atoms. The second kappa shape index (κ2) is 7.05. The fourth-order valence-electron chi connectivity index (χ4n) is 3.28. The summed E-state index contributed by atoms with van der Waals surface area (Å²) in [5.41, 5.74) is 1.19. The van der Waals surface area contributed by atoms with E-state index in [1.54, 1.807) is 24.5 Å². The van der Waals surface area contributed by atoms with Crippen LogP contribution in [0.4, 0.5) is 5.82 Å². The van der Waals surface area contributed by atoms with Gasteiger partial charge in [-0.25, -0.2) is 0 Å². The molecule has 134 valence electrons. The number of anilines is 1. The van der Waals surface area contributed by atoms with Gasteiger partial charge in [0.05, 0.1) is 6.61 Å². The van der Waals surface area contributed by atoms with Crippen molar-refractivity contribution in [3.8, 4) is 17.0 Å². The fraction of sp³-hybridized carbons (Fsp3) is 0.316. The Morgan fingerprint density at radius 2 is 2.12 bits per heavy atom. The van der Waals surface area contributed by atoms with Gasteiger partial charge in [0.15, 0.2) is 5.82 Å². The van der Waals surface area contributed by atoms with Crippen LogP contribution in [0.15, 0.2) is 36.7 Å². The van der Waals surface area contributed by atoms with Crippen molar-refractivity contribution in [3.63, 3.8) is 0 Å². The second-order valence-electron chi connectivity index (χ2n) is 6.57. The van der Waals surface area contributed by atoms with Gasteiger partial charge in [0.25, 0.3) is 0 Å². The average Bonchev–Trinajstić information content (AvgIpc) is 2.64. The molecule has 1 aliphatic heterocycles. The van der Waals surface area contributed by atoms with Gasteiger partial charge >= 0.3 is 0 Å². The number of fused-ring (bicyclic) bond motifs is 1. The topological polar surface area (TPSA) is 80.2 Å². The van der Waals surface area contributed by atoms with E-state index in [0.717, 1.165) is 30.4 Å². The van der Waals surface area contributed by atoms with E-state index in [1.165, 1.54) is 6.07 Å². The highest BCUT2D eigenvalue weighted by Crippen LogP contribution is 2.36. The predicted octanol–water partition coefficient (Wildman–Crippen LogP) is 3.89. The zero-order chi connectivity index (χ0) is 18.1. The first-order chi connectivity index (χ1) is 12.6. The lowest BCUT2D eigenvalue weighted by atomic mass is 9.97. The van der Waals surface area contributed by atoms with E-state index in [1.807, 2.05) is 6.07 Å². The van der Waals surface area contributed by atoms with Gasteiger partial charge in [-0.2, -0.15) is 0 Å². The summed E-state index contributed by atoms with van der Waals surface area (Å²) < 4.78 is 5.51. The molecule has 2 N–H and O–H groups in total. The van der Waals surface area contributed by atoms with E-state index in [0.29, 0.717) is 28.0 Å². The summed E-state index contributed by atoms with van der Waals surface area (Å²) in [6, 6.07) is 7.13. The molecule has 1 aromatic carbocycles. The summed E-state index contributed by atoms with van der Waals surface area (Å²) >= 11 is 5.94. The van der Waals surface area contributed by atoms with E-state index in [4.69, 9.17) is 16.3 Å². The van der Waals surface area contributed by atoms with Crippen molar-refractivity contribution in [2.24, 2.45) is 5.92 Å². The molecule has 1 fully saturated rings. The molecular weight excluding hydrogens is 352 g/mol. The van der Waals surface area contributed by atoms with Crippen LogP contribution < -0.4 is 5.32 Å². The number of halogens is 1. The molecule has 3 heterocycles. The Hall–Kier alpha value is -2.44. The van der Waals surface area contributed by atoms with Crippen LogP contribution in [0.5, 0.6) is 5.75 Å². The van der Waals surface area contributed by atoms with E-state index < -0.39 is 0 Å². The Bertz CT molecular complexity index is 950. The summed E-state index contributed by atoms with van der Waals surface area (Å²) in [5.74, 6) is 1.16. The van der Waals surface area contributed by atoms with Crippen molar-refractivity contribution in [3.05, 3.63) is 41.7 Å². The first kappa shape index (κ1) is 17.0. The Kier molecular flexibility index (Phi) is 4.61. The number of phenols is 1. The van der Waals surface area contributed by atoms with E-state index >= 15 is 0 Å². The van der Waals surface area contributed by atoms with Crippen LogP contribution >= 0.6 is 11.6 Å². The molecule has 0 aliphatic carbocycles. The van der Waals surface area contributed by atoms with Crippen LogP contribution in [0.25, 0.3) is 22.0 Å². The van der Waals surface area contributed by atoms with Crippen LogP contribution in [0.3, 0.4) is 0 Å². The largest absolute Gasteiger partial charge is 0.507 e. The maximum absolute atomic E-state index is 10.3. The standard InChI is InChI=1S/C19H19ClN4O2/c1-11-10-26-7-5-16(11)22-19-15-9-21-6-4-13(15)18(23-24-19)14-3-2-12(20)8-17(14)25/h2-4,6,8-9,11,16,25H,5,7,10H2,1H3,(H,22,24)/t11-,16+/m1/s1.